The normalized spacial score (nSPS) is 9.62. The predicted molar refractivity (Wildman–Crippen MR) is 40.4 cm³/mol. The van der Waals surface area contributed by atoms with Gasteiger partial charge in [0, 0.05) is 18.0 Å². The number of aryl methyl sites for hydroxylation is 1. The first-order valence-electron chi connectivity index (χ1n) is 2.52. The van der Waals surface area contributed by atoms with Gasteiger partial charge in [0.25, 0.3) is 0 Å². The molecule has 3 heteroatoms. The van der Waals surface area contributed by atoms with Gasteiger partial charge in [0.05, 0.1) is 5.01 Å². The van der Waals surface area contributed by atoms with E-state index < -0.39 is 0 Å². The van der Waals surface area contributed by atoms with E-state index in [1.165, 1.54) is 5.01 Å². The highest BCUT2D eigenvalue weighted by Gasteiger charge is 1.88. The van der Waals surface area contributed by atoms with Gasteiger partial charge in [0.15, 0.2) is 0 Å². The SMILES string of the molecule is PCCc1nccs1. The molecule has 1 atom stereocenters. The maximum atomic E-state index is 4.11. The van der Waals surface area contributed by atoms with Crippen molar-refractivity contribution in [3.05, 3.63) is 16.6 Å². The molecule has 44 valence electrons. The lowest BCUT2D eigenvalue weighted by atomic mass is 10.5. The summed E-state index contributed by atoms with van der Waals surface area (Å²) in [5.41, 5.74) is 0. The maximum absolute atomic E-state index is 4.11. The molecule has 0 saturated carbocycles. The molecule has 1 aromatic rings. The van der Waals surface area contributed by atoms with E-state index in [2.05, 4.69) is 14.2 Å². The van der Waals surface area contributed by atoms with Gasteiger partial charge in [-0.1, -0.05) is 0 Å². The van der Waals surface area contributed by atoms with Gasteiger partial charge in [-0.2, -0.15) is 0 Å². The Kier molecular flexibility index (Phi) is 2.44. The van der Waals surface area contributed by atoms with E-state index in [0.717, 1.165) is 12.6 Å². The summed E-state index contributed by atoms with van der Waals surface area (Å²) < 4.78 is 0. The third-order valence-electron chi connectivity index (χ3n) is 0.842. The molecule has 1 unspecified atom stereocenters. The Morgan fingerprint density at radius 2 is 2.62 bits per heavy atom. The van der Waals surface area contributed by atoms with Crippen LogP contribution < -0.4 is 0 Å². The quantitative estimate of drug-likeness (QED) is 0.575. The molecule has 0 radical (unpaired) electrons. The van der Waals surface area contributed by atoms with Crippen molar-refractivity contribution in [3.8, 4) is 0 Å². The zero-order valence-corrected chi connectivity index (χ0v) is 6.47. The van der Waals surface area contributed by atoms with Gasteiger partial charge in [0.2, 0.25) is 0 Å². The molecular weight excluding hydrogens is 137 g/mol. The van der Waals surface area contributed by atoms with Crippen molar-refractivity contribution in [3.63, 3.8) is 0 Å². The fourth-order valence-corrected chi connectivity index (χ4v) is 1.62. The van der Waals surface area contributed by atoms with Crippen molar-refractivity contribution in [1.82, 2.24) is 4.98 Å². The number of aromatic nitrogens is 1. The lowest BCUT2D eigenvalue weighted by Gasteiger charge is -1.84. The third-order valence-corrected chi connectivity index (χ3v) is 1.97. The molecule has 0 aromatic carbocycles. The molecule has 0 fully saturated rings. The van der Waals surface area contributed by atoms with E-state index in [9.17, 15) is 0 Å². The second-order valence-electron chi connectivity index (χ2n) is 1.46. The second-order valence-corrected chi connectivity index (χ2v) is 3.02. The molecule has 0 amide bonds. The molecule has 1 nitrogen and oxygen atoms in total. The van der Waals surface area contributed by atoms with Crippen LogP contribution in [0.4, 0.5) is 0 Å². The Morgan fingerprint density at radius 1 is 1.75 bits per heavy atom. The zero-order chi connectivity index (χ0) is 5.82. The van der Waals surface area contributed by atoms with Gasteiger partial charge in [-0.05, 0) is 6.16 Å². The molecule has 0 saturated heterocycles. The van der Waals surface area contributed by atoms with E-state index in [0.29, 0.717) is 0 Å². The first-order valence-corrected chi connectivity index (χ1v) is 4.21. The highest BCUT2D eigenvalue weighted by atomic mass is 32.1. The van der Waals surface area contributed by atoms with Crippen LogP contribution in [-0.4, -0.2) is 11.1 Å². The first kappa shape index (κ1) is 6.18. The van der Waals surface area contributed by atoms with Gasteiger partial charge < -0.3 is 0 Å². The van der Waals surface area contributed by atoms with Crippen LogP contribution >= 0.6 is 20.6 Å². The molecule has 0 bridgehead atoms. The highest BCUT2D eigenvalue weighted by Crippen LogP contribution is 2.05. The van der Waals surface area contributed by atoms with Crippen molar-refractivity contribution < 1.29 is 0 Å². The summed E-state index contributed by atoms with van der Waals surface area (Å²) in [6.45, 7) is 0. The number of nitrogens with zero attached hydrogens (tertiary/aromatic N) is 1. The molecule has 0 aliphatic heterocycles. The minimum atomic E-state index is 1.10. The number of hydrogen-bond acceptors (Lipinski definition) is 2. The molecular formula is C5H8NPS. The second kappa shape index (κ2) is 3.16. The summed E-state index contributed by atoms with van der Waals surface area (Å²) in [6.07, 6.45) is 4.07. The highest BCUT2D eigenvalue weighted by molar-refractivity contribution is 7.16. The van der Waals surface area contributed by atoms with E-state index in [1.54, 1.807) is 11.3 Å². The van der Waals surface area contributed by atoms with Gasteiger partial charge in [-0.25, -0.2) is 4.98 Å². The summed E-state index contributed by atoms with van der Waals surface area (Å²) in [6, 6.07) is 0. The zero-order valence-electron chi connectivity index (χ0n) is 4.50. The average Bonchev–Trinajstić information content (AvgIpc) is 2.19. The minimum absolute atomic E-state index is 1.10. The lowest BCUT2D eigenvalue weighted by molar-refractivity contribution is 1.11. The summed E-state index contributed by atoms with van der Waals surface area (Å²) >= 11 is 1.72. The van der Waals surface area contributed by atoms with Crippen molar-refractivity contribution in [2.24, 2.45) is 0 Å². The Labute approximate surface area is 55.4 Å². The van der Waals surface area contributed by atoms with E-state index in [1.807, 2.05) is 11.6 Å². The van der Waals surface area contributed by atoms with Crippen molar-refractivity contribution in [2.75, 3.05) is 6.16 Å². The monoisotopic (exact) mass is 145 g/mol. The molecule has 8 heavy (non-hydrogen) atoms. The Balaban J connectivity index is 2.50. The van der Waals surface area contributed by atoms with Crippen LogP contribution in [0.1, 0.15) is 5.01 Å². The lowest BCUT2D eigenvalue weighted by Crippen LogP contribution is -1.80. The third kappa shape index (κ3) is 1.53. The van der Waals surface area contributed by atoms with Gasteiger partial charge in [-0.15, -0.1) is 20.6 Å². The van der Waals surface area contributed by atoms with E-state index >= 15 is 0 Å². The summed E-state index contributed by atoms with van der Waals surface area (Å²) in [4.78, 5) is 4.11. The van der Waals surface area contributed by atoms with Crippen LogP contribution in [-0.2, 0) is 6.42 Å². The molecule has 0 N–H and O–H groups in total. The summed E-state index contributed by atoms with van der Waals surface area (Å²) in [7, 11) is 2.69. The minimum Gasteiger partial charge on any atom is -0.250 e. The maximum Gasteiger partial charge on any atom is 0.0928 e. The number of rotatable bonds is 2. The molecule has 1 heterocycles. The van der Waals surface area contributed by atoms with Crippen LogP contribution in [0.2, 0.25) is 0 Å². The Morgan fingerprint density at radius 3 is 3.12 bits per heavy atom. The van der Waals surface area contributed by atoms with Crippen LogP contribution in [0.3, 0.4) is 0 Å². The van der Waals surface area contributed by atoms with Gasteiger partial charge in [0.1, 0.15) is 0 Å². The Hall–Kier alpha value is 0.0600. The molecule has 0 spiro atoms. The number of hydrogen-bond donors (Lipinski definition) is 0. The fourth-order valence-electron chi connectivity index (χ4n) is 0.500. The van der Waals surface area contributed by atoms with E-state index in [-0.39, 0.29) is 0 Å². The van der Waals surface area contributed by atoms with Crippen LogP contribution in [0, 0.1) is 0 Å². The van der Waals surface area contributed by atoms with Crippen molar-refractivity contribution >= 4 is 20.6 Å². The molecule has 0 aliphatic carbocycles. The first-order chi connectivity index (χ1) is 3.93. The largest absolute Gasteiger partial charge is 0.250 e. The summed E-state index contributed by atoms with van der Waals surface area (Å²) in [5.74, 6) is 0. The van der Waals surface area contributed by atoms with Gasteiger partial charge in [-0.3, -0.25) is 0 Å². The van der Waals surface area contributed by atoms with E-state index in [4.69, 9.17) is 0 Å². The molecule has 0 aliphatic rings. The number of thiazole rings is 1. The molecule has 1 aromatic heterocycles. The average molecular weight is 145 g/mol. The predicted octanol–water partition coefficient (Wildman–Crippen LogP) is 1.56. The fraction of sp³-hybridized carbons (Fsp3) is 0.400. The van der Waals surface area contributed by atoms with Crippen LogP contribution in [0.15, 0.2) is 11.6 Å². The standard InChI is InChI=1S/C5H8NPS/c7-3-1-5-6-2-4-8-5/h2,4H,1,3,7H2. The Bertz CT molecular complexity index is 138. The van der Waals surface area contributed by atoms with Crippen molar-refractivity contribution in [1.29, 1.82) is 0 Å². The smallest absolute Gasteiger partial charge is 0.0928 e. The summed E-state index contributed by atoms with van der Waals surface area (Å²) in [5, 5.41) is 3.25. The van der Waals surface area contributed by atoms with Crippen LogP contribution in [0.5, 0.6) is 0 Å². The topological polar surface area (TPSA) is 12.9 Å². The van der Waals surface area contributed by atoms with Crippen molar-refractivity contribution in [2.45, 2.75) is 6.42 Å². The van der Waals surface area contributed by atoms with Gasteiger partial charge >= 0.3 is 0 Å². The van der Waals surface area contributed by atoms with Crippen LogP contribution in [0.25, 0.3) is 0 Å². The molecule has 1 rings (SSSR count).